The molecule has 1 atom stereocenters. The van der Waals surface area contributed by atoms with Crippen molar-refractivity contribution in [3.63, 3.8) is 0 Å². The highest BCUT2D eigenvalue weighted by molar-refractivity contribution is 6.04. The van der Waals surface area contributed by atoms with Gasteiger partial charge in [0.05, 0.1) is 0 Å². The van der Waals surface area contributed by atoms with Gasteiger partial charge in [0.25, 0.3) is 0 Å². The standard InChI is InChI=1S/C17H22N2O4/c20-11-9-14(13-4-2-1-3-5-13)8-10-18-15(21)12-19-16(22)6-7-17(19)23/h1-5,14,20H,6-12H2,(H,18,21). The van der Waals surface area contributed by atoms with E-state index in [1.165, 1.54) is 0 Å². The van der Waals surface area contributed by atoms with Crippen LogP contribution in [0.15, 0.2) is 30.3 Å². The van der Waals surface area contributed by atoms with Crippen LogP contribution in [-0.4, -0.2) is 47.4 Å². The Labute approximate surface area is 135 Å². The van der Waals surface area contributed by atoms with E-state index < -0.39 is 0 Å². The Morgan fingerprint density at radius 2 is 1.78 bits per heavy atom. The lowest BCUT2D eigenvalue weighted by atomic mass is 9.93. The lowest BCUT2D eigenvalue weighted by molar-refractivity contribution is -0.142. The third-order valence-electron chi connectivity index (χ3n) is 4.02. The molecular weight excluding hydrogens is 296 g/mol. The summed E-state index contributed by atoms with van der Waals surface area (Å²) in [5.41, 5.74) is 1.13. The molecule has 2 rings (SSSR count). The Morgan fingerprint density at radius 1 is 1.13 bits per heavy atom. The van der Waals surface area contributed by atoms with Crippen LogP contribution in [0.5, 0.6) is 0 Å². The van der Waals surface area contributed by atoms with Crippen molar-refractivity contribution in [1.29, 1.82) is 0 Å². The zero-order valence-corrected chi connectivity index (χ0v) is 13.0. The molecule has 124 valence electrons. The Morgan fingerprint density at radius 3 is 2.39 bits per heavy atom. The minimum atomic E-state index is -0.329. The van der Waals surface area contributed by atoms with Gasteiger partial charge in [-0.2, -0.15) is 0 Å². The van der Waals surface area contributed by atoms with Crippen molar-refractivity contribution >= 4 is 17.7 Å². The van der Waals surface area contributed by atoms with Crippen LogP contribution in [0.1, 0.15) is 37.2 Å². The molecule has 6 heteroatoms. The van der Waals surface area contributed by atoms with Gasteiger partial charge in [0.2, 0.25) is 17.7 Å². The first kappa shape index (κ1) is 17.1. The number of hydrogen-bond donors (Lipinski definition) is 2. The monoisotopic (exact) mass is 318 g/mol. The predicted octanol–water partition coefficient (Wildman–Crippen LogP) is 0.808. The maximum absolute atomic E-state index is 11.9. The fourth-order valence-electron chi connectivity index (χ4n) is 2.74. The number of benzene rings is 1. The van der Waals surface area contributed by atoms with Crippen molar-refractivity contribution in [3.8, 4) is 0 Å². The van der Waals surface area contributed by atoms with Crippen molar-refractivity contribution in [2.45, 2.75) is 31.6 Å². The van der Waals surface area contributed by atoms with Crippen molar-refractivity contribution in [3.05, 3.63) is 35.9 Å². The molecule has 0 radical (unpaired) electrons. The molecule has 1 saturated heterocycles. The first-order chi connectivity index (χ1) is 11.1. The molecule has 0 aromatic heterocycles. The molecule has 1 aromatic carbocycles. The molecule has 3 amide bonds. The third-order valence-corrected chi connectivity index (χ3v) is 4.02. The third kappa shape index (κ3) is 4.89. The van der Waals surface area contributed by atoms with Crippen LogP contribution in [0, 0.1) is 0 Å². The molecule has 0 bridgehead atoms. The van der Waals surface area contributed by atoms with E-state index >= 15 is 0 Å². The summed E-state index contributed by atoms with van der Waals surface area (Å²) in [5, 5.41) is 11.9. The first-order valence-electron chi connectivity index (χ1n) is 7.87. The van der Waals surface area contributed by atoms with Crippen LogP contribution < -0.4 is 5.32 Å². The number of rotatable bonds is 8. The molecule has 1 unspecified atom stereocenters. The lowest BCUT2D eigenvalue weighted by Gasteiger charge is -2.17. The average Bonchev–Trinajstić information content (AvgIpc) is 2.87. The number of nitrogens with zero attached hydrogens (tertiary/aromatic N) is 1. The lowest BCUT2D eigenvalue weighted by Crippen LogP contribution is -2.40. The number of aliphatic hydroxyl groups is 1. The number of likely N-dealkylation sites (tertiary alicyclic amines) is 1. The second-order valence-corrected chi connectivity index (χ2v) is 5.63. The summed E-state index contributed by atoms with van der Waals surface area (Å²) in [6.07, 6.45) is 1.71. The number of hydrogen-bond acceptors (Lipinski definition) is 4. The maximum atomic E-state index is 11.9. The number of carbonyl (C=O) groups excluding carboxylic acids is 3. The quantitative estimate of drug-likeness (QED) is 0.694. The molecule has 1 aliphatic rings. The van der Waals surface area contributed by atoms with E-state index in [0.29, 0.717) is 19.4 Å². The second-order valence-electron chi connectivity index (χ2n) is 5.63. The topological polar surface area (TPSA) is 86.7 Å². The summed E-state index contributed by atoms with van der Waals surface area (Å²) >= 11 is 0. The number of amides is 3. The van der Waals surface area contributed by atoms with E-state index in [0.717, 1.165) is 10.5 Å². The number of nitrogens with one attached hydrogen (secondary N) is 1. The van der Waals surface area contributed by atoms with Gasteiger partial charge in [-0.25, -0.2) is 0 Å². The Balaban J connectivity index is 1.79. The molecule has 0 saturated carbocycles. The highest BCUT2D eigenvalue weighted by atomic mass is 16.3. The van der Waals surface area contributed by atoms with Gasteiger partial charge in [0, 0.05) is 26.0 Å². The van der Waals surface area contributed by atoms with Crippen molar-refractivity contribution in [1.82, 2.24) is 10.2 Å². The minimum Gasteiger partial charge on any atom is -0.396 e. The second kappa shape index (κ2) is 8.43. The van der Waals surface area contributed by atoms with Crippen molar-refractivity contribution < 1.29 is 19.5 Å². The highest BCUT2D eigenvalue weighted by Crippen LogP contribution is 2.22. The van der Waals surface area contributed by atoms with Gasteiger partial charge in [-0.15, -0.1) is 0 Å². The SMILES string of the molecule is O=C(CN1C(=O)CCC1=O)NCCC(CCO)c1ccccc1. The van der Waals surface area contributed by atoms with Crippen LogP contribution in [0.4, 0.5) is 0 Å². The summed E-state index contributed by atoms with van der Waals surface area (Å²) in [5.74, 6) is -0.735. The number of carbonyl (C=O) groups is 3. The van der Waals surface area contributed by atoms with Crippen molar-refractivity contribution in [2.24, 2.45) is 0 Å². The summed E-state index contributed by atoms with van der Waals surface area (Å²) in [6, 6.07) is 9.84. The number of imide groups is 1. The zero-order valence-electron chi connectivity index (χ0n) is 13.0. The molecule has 1 heterocycles. The van der Waals surface area contributed by atoms with Gasteiger partial charge < -0.3 is 10.4 Å². The van der Waals surface area contributed by atoms with Gasteiger partial charge in [0.15, 0.2) is 0 Å². The molecule has 6 nitrogen and oxygen atoms in total. The van der Waals surface area contributed by atoms with E-state index in [4.69, 9.17) is 0 Å². The molecule has 23 heavy (non-hydrogen) atoms. The van der Waals surface area contributed by atoms with Gasteiger partial charge >= 0.3 is 0 Å². The first-order valence-corrected chi connectivity index (χ1v) is 7.87. The molecule has 0 aliphatic carbocycles. The summed E-state index contributed by atoms with van der Waals surface area (Å²) < 4.78 is 0. The van der Waals surface area contributed by atoms with Gasteiger partial charge in [0.1, 0.15) is 6.54 Å². The molecule has 1 fully saturated rings. The largest absolute Gasteiger partial charge is 0.396 e. The maximum Gasteiger partial charge on any atom is 0.240 e. The normalized spacial score (nSPS) is 15.8. The van der Waals surface area contributed by atoms with E-state index in [1.807, 2.05) is 30.3 Å². The van der Waals surface area contributed by atoms with Crippen molar-refractivity contribution in [2.75, 3.05) is 19.7 Å². The predicted molar refractivity (Wildman–Crippen MR) is 84.5 cm³/mol. The summed E-state index contributed by atoms with van der Waals surface area (Å²) in [7, 11) is 0. The van der Waals surface area contributed by atoms with Gasteiger partial charge in [-0.1, -0.05) is 30.3 Å². The molecule has 2 N–H and O–H groups in total. The molecule has 0 spiro atoms. The van der Waals surface area contributed by atoms with E-state index in [-0.39, 0.29) is 49.6 Å². The molecule has 1 aliphatic heterocycles. The fourth-order valence-corrected chi connectivity index (χ4v) is 2.74. The van der Waals surface area contributed by atoms with Gasteiger partial charge in [-0.05, 0) is 24.3 Å². The average molecular weight is 318 g/mol. The molecular formula is C17H22N2O4. The smallest absolute Gasteiger partial charge is 0.240 e. The zero-order chi connectivity index (χ0) is 16.7. The Hall–Kier alpha value is -2.21. The minimum absolute atomic E-state index is 0.0876. The fraction of sp³-hybridized carbons (Fsp3) is 0.471. The van der Waals surface area contributed by atoms with Crippen LogP contribution in [-0.2, 0) is 14.4 Å². The Kier molecular flexibility index (Phi) is 6.29. The summed E-state index contributed by atoms with van der Waals surface area (Å²) in [4.78, 5) is 35.8. The van der Waals surface area contributed by atoms with Crippen LogP contribution in [0.2, 0.25) is 0 Å². The van der Waals surface area contributed by atoms with E-state index in [1.54, 1.807) is 0 Å². The van der Waals surface area contributed by atoms with Crippen LogP contribution >= 0.6 is 0 Å². The number of aliphatic hydroxyl groups excluding tert-OH is 1. The van der Waals surface area contributed by atoms with Gasteiger partial charge in [-0.3, -0.25) is 19.3 Å². The van der Waals surface area contributed by atoms with Crippen LogP contribution in [0.3, 0.4) is 0 Å². The summed E-state index contributed by atoms with van der Waals surface area (Å²) in [6.45, 7) is 0.326. The Bertz CT molecular complexity index is 543. The highest BCUT2D eigenvalue weighted by Gasteiger charge is 2.30. The van der Waals surface area contributed by atoms with E-state index in [9.17, 15) is 19.5 Å². The molecule has 1 aromatic rings. The van der Waals surface area contributed by atoms with E-state index in [2.05, 4.69) is 5.32 Å². The van der Waals surface area contributed by atoms with Crippen LogP contribution in [0.25, 0.3) is 0 Å².